The Hall–Kier alpha value is -7.50. The average molecular weight is 825 g/mol. The summed E-state index contributed by atoms with van der Waals surface area (Å²) < 4.78 is 5.15. The minimum Gasteiger partial charge on any atom is -0.228 e. The van der Waals surface area contributed by atoms with Crippen molar-refractivity contribution in [1.29, 1.82) is 0 Å². The minimum absolute atomic E-state index is 0.689. The Balaban J connectivity index is 1.06. The van der Waals surface area contributed by atoms with Crippen molar-refractivity contribution in [2.75, 3.05) is 0 Å². The number of rotatable bonds is 7. The molecule has 0 saturated heterocycles. The van der Waals surface area contributed by atoms with E-state index >= 15 is 0 Å². The zero-order valence-electron chi connectivity index (χ0n) is 33.5. The van der Waals surface area contributed by atoms with Crippen molar-refractivity contribution in [3.8, 4) is 78.4 Å². The molecule has 9 aromatic carbocycles. The first-order valence-electron chi connectivity index (χ1n) is 20.9. The fourth-order valence-electron chi connectivity index (χ4n) is 8.84. The van der Waals surface area contributed by atoms with Crippen molar-refractivity contribution < 1.29 is 0 Å². The molecule has 62 heavy (non-hydrogen) atoms. The van der Waals surface area contributed by atoms with Crippen molar-refractivity contribution in [3.05, 3.63) is 218 Å². The molecular formula is C58H36N2S2. The number of benzene rings is 9. The molecule has 0 radical (unpaired) electrons. The highest BCUT2D eigenvalue weighted by Crippen LogP contribution is 2.45. The summed E-state index contributed by atoms with van der Waals surface area (Å²) >= 11 is 3.72. The van der Waals surface area contributed by atoms with Gasteiger partial charge in [0.15, 0.2) is 5.82 Å². The van der Waals surface area contributed by atoms with Crippen molar-refractivity contribution in [3.63, 3.8) is 0 Å². The molecule has 0 aliphatic carbocycles. The van der Waals surface area contributed by atoms with Crippen molar-refractivity contribution in [1.82, 2.24) is 9.97 Å². The van der Waals surface area contributed by atoms with Gasteiger partial charge in [-0.3, -0.25) is 0 Å². The number of aromatic nitrogens is 2. The first-order chi connectivity index (χ1) is 30.7. The lowest BCUT2D eigenvalue weighted by Crippen LogP contribution is -1.97. The molecule has 0 fully saturated rings. The smallest absolute Gasteiger partial charge is 0.160 e. The Morgan fingerprint density at radius 1 is 0.258 bits per heavy atom. The van der Waals surface area contributed by atoms with Crippen molar-refractivity contribution in [2.45, 2.75) is 0 Å². The van der Waals surface area contributed by atoms with E-state index in [0.29, 0.717) is 5.82 Å². The summed E-state index contributed by atoms with van der Waals surface area (Å²) in [7, 11) is 0. The van der Waals surface area contributed by atoms with E-state index in [4.69, 9.17) is 9.97 Å². The third kappa shape index (κ3) is 6.49. The quantitative estimate of drug-likeness (QED) is 0.160. The van der Waals surface area contributed by atoms with Gasteiger partial charge in [-0.05, 0) is 87.0 Å². The van der Waals surface area contributed by atoms with Gasteiger partial charge in [-0.25, -0.2) is 9.97 Å². The van der Waals surface area contributed by atoms with Crippen molar-refractivity contribution in [2.24, 2.45) is 0 Å². The van der Waals surface area contributed by atoms with E-state index in [2.05, 4.69) is 218 Å². The third-order valence-electron chi connectivity index (χ3n) is 11.9. The molecule has 2 nitrogen and oxygen atoms in total. The zero-order valence-corrected chi connectivity index (χ0v) is 35.1. The number of thiophene rings is 2. The lowest BCUT2D eigenvalue weighted by molar-refractivity contribution is 1.18. The minimum atomic E-state index is 0.689. The summed E-state index contributed by atoms with van der Waals surface area (Å²) in [5, 5.41) is 5.14. The predicted octanol–water partition coefficient (Wildman–Crippen LogP) is 16.9. The molecule has 0 bridgehead atoms. The topological polar surface area (TPSA) is 25.8 Å². The molecule has 290 valence electrons. The highest BCUT2D eigenvalue weighted by Gasteiger charge is 2.18. The Morgan fingerprint density at radius 3 is 1.26 bits per heavy atom. The first kappa shape index (κ1) is 36.4. The zero-order chi connectivity index (χ0) is 41.0. The molecule has 0 aliphatic rings. The molecule has 0 aliphatic heterocycles. The maximum atomic E-state index is 5.45. The molecule has 0 amide bonds. The molecule has 0 unspecified atom stereocenters. The highest BCUT2D eigenvalue weighted by molar-refractivity contribution is 7.26. The second kappa shape index (κ2) is 15.2. The second-order valence-electron chi connectivity index (χ2n) is 15.7. The van der Waals surface area contributed by atoms with Crippen molar-refractivity contribution >= 4 is 63.0 Å². The molecular weight excluding hydrogens is 789 g/mol. The van der Waals surface area contributed by atoms with E-state index in [-0.39, 0.29) is 0 Å². The maximum Gasteiger partial charge on any atom is 0.160 e. The molecule has 0 spiro atoms. The number of hydrogen-bond donors (Lipinski definition) is 0. The van der Waals surface area contributed by atoms with E-state index in [0.717, 1.165) is 50.3 Å². The molecule has 0 saturated carbocycles. The molecule has 3 heterocycles. The second-order valence-corrected chi connectivity index (χ2v) is 17.8. The standard InChI is InChI=1S/C58H36N2S2/c1-3-14-37(15-4-1)38-28-30-39(31-29-38)41-18-11-19-42(32-41)53-36-52(40-16-5-2-6-17-40)59-58(60-53)45-34-43(46-22-12-24-50-48-20-7-9-26-54(48)61-56(46)50)33-44(35-45)47-23-13-25-51-49-21-8-10-27-55(49)62-57(47)51/h1-36H. The molecule has 0 atom stereocenters. The van der Waals surface area contributed by atoms with Crippen LogP contribution in [0.4, 0.5) is 0 Å². The number of hydrogen-bond acceptors (Lipinski definition) is 4. The van der Waals surface area contributed by atoms with Crippen LogP contribution in [0.15, 0.2) is 218 Å². The molecule has 0 N–H and O–H groups in total. The number of nitrogens with zero attached hydrogens (tertiary/aromatic N) is 2. The van der Waals surface area contributed by atoms with E-state index < -0.39 is 0 Å². The fraction of sp³-hybridized carbons (Fsp3) is 0. The summed E-state index contributed by atoms with van der Waals surface area (Å²) in [5.41, 5.74) is 14.2. The van der Waals surface area contributed by atoms with E-state index in [1.54, 1.807) is 0 Å². The van der Waals surface area contributed by atoms with Crippen LogP contribution in [0.1, 0.15) is 0 Å². The van der Waals surface area contributed by atoms with Gasteiger partial charge < -0.3 is 0 Å². The summed E-state index contributed by atoms with van der Waals surface area (Å²) in [6.07, 6.45) is 0. The molecule has 4 heteroatoms. The lowest BCUT2D eigenvalue weighted by Gasteiger charge is -2.14. The van der Waals surface area contributed by atoms with Gasteiger partial charge in [0.05, 0.1) is 11.4 Å². The average Bonchev–Trinajstić information content (AvgIpc) is 3.93. The van der Waals surface area contributed by atoms with E-state index in [1.807, 2.05) is 22.7 Å². The van der Waals surface area contributed by atoms with Gasteiger partial charge >= 0.3 is 0 Å². The molecule has 12 rings (SSSR count). The van der Waals surface area contributed by atoms with Crippen LogP contribution in [0.3, 0.4) is 0 Å². The van der Waals surface area contributed by atoms with Crippen LogP contribution in [0, 0.1) is 0 Å². The molecule has 3 aromatic heterocycles. The summed E-state index contributed by atoms with van der Waals surface area (Å²) in [5.74, 6) is 0.689. The summed E-state index contributed by atoms with van der Waals surface area (Å²) in [6, 6.07) is 78.6. The van der Waals surface area contributed by atoms with Gasteiger partial charge in [0, 0.05) is 57.0 Å². The first-order valence-corrected chi connectivity index (χ1v) is 22.5. The van der Waals surface area contributed by atoms with Crippen LogP contribution in [-0.2, 0) is 0 Å². The molecule has 12 aromatic rings. The van der Waals surface area contributed by atoms with Crippen LogP contribution in [0.2, 0.25) is 0 Å². The van der Waals surface area contributed by atoms with E-state index in [1.165, 1.54) is 62.6 Å². The van der Waals surface area contributed by atoms with Crippen LogP contribution >= 0.6 is 22.7 Å². The van der Waals surface area contributed by atoms with Gasteiger partial charge in [-0.1, -0.05) is 176 Å². The van der Waals surface area contributed by atoms with Gasteiger partial charge in [-0.15, -0.1) is 22.7 Å². The van der Waals surface area contributed by atoms with Crippen LogP contribution < -0.4 is 0 Å². The van der Waals surface area contributed by atoms with Crippen LogP contribution in [0.25, 0.3) is 119 Å². The maximum absolute atomic E-state index is 5.45. The van der Waals surface area contributed by atoms with Gasteiger partial charge in [0.2, 0.25) is 0 Å². The van der Waals surface area contributed by atoms with Crippen LogP contribution in [0.5, 0.6) is 0 Å². The van der Waals surface area contributed by atoms with Gasteiger partial charge in [0.1, 0.15) is 0 Å². The summed E-state index contributed by atoms with van der Waals surface area (Å²) in [4.78, 5) is 10.8. The van der Waals surface area contributed by atoms with Crippen LogP contribution in [-0.4, -0.2) is 9.97 Å². The van der Waals surface area contributed by atoms with Gasteiger partial charge in [-0.2, -0.15) is 0 Å². The monoisotopic (exact) mass is 824 g/mol. The third-order valence-corrected chi connectivity index (χ3v) is 14.3. The Bertz CT molecular complexity index is 3490. The highest BCUT2D eigenvalue weighted by atomic mass is 32.1. The normalized spacial score (nSPS) is 11.5. The summed E-state index contributed by atoms with van der Waals surface area (Å²) in [6.45, 7) is 0. The largest absolute Gasteiger partial charge is 0.228 e. The Kier molecular flexibility index (Phi) is 8.91. The number of fused-ring (bicyclic) bond motifs is 6. The predicted molar refractivity (Wildman–Crippen MR) is 266 cm³/mol. The Labute approximate surface area is 367 Å². The SMILES string of the molecule is c1ccc(-c2ccc(-c3cccc(-c4cc(-c5ccccc5)nc(-c5cc(-c6cccc7c6sc6ccccc67)cc(-c6cccc7c6sc6ccccc67)c5)n4)c3)cc2)cc1. The Morgan fingerprint density at radius 2 is 0.661 bits per heavy atom. The fourth-order valence-corrected chi connectivity index (χ4v) is 11.3. The van der Waals surface area contributed by atoms with Gasteiger partial charge in [0.25, 0.3) is 0 Å². The lowest BCUT2D eigenvalue weighted by atomic mass is 9.94. The van der Waals surface area contributed by atoms with E-state index in [9.17, 15) is 0 Å².